The first-order valence-corrected chi connectivity index (χ1v) is 5.42. The Balaban J connectivity index is 2.81. The second kappa shape index (κ2) is 6.44. The average Bonchev–Trinajstić information content (AvgIpc) is 2.28. The minimum absolute atomic E-state index is 0.0461. The van der Waals surface area contributed by atoms with Crippen LogP contribution >= 0.6 is 11.6 Å². The van der Waals surface area contributed by atoms with E-state index in [1.807, 2.05) is 0 Å². The summed E-state index contributed by atoms with van der Waals surface area (Å²) in [7, 11) is 0. The van der Waals surface area contributed by atoms with Gasteiger partial charge in [-0.15, -0.1) is 0 Å². The fourth-order valence-electron chi connectivity index (χ4n) is 1.39. The first kappa shape index (κ1) is 13.8. The third-order valence-electron chi connectivity index (χ3n) is 2.16. The molecule has 1 atom stereocenters. The highest BCUT2D eigenvalue weighted by atomic mass is 35.5. The third kappa shape index (κ3) is 4.60. The Morgan fingerprint density at radius 1 is 1.35 bits per heavy atom. The predicted octanol–water partition coefficient (Wildman–Crippen LogP) is 0.584. The Bertz CT molecular complexity index is 368. The highest BCUT2D eigenvalue weighted by Crippen LogP contribution is 2.18. The number of aliphatic hydroxyl groups excluding tert-OH is 2. The number of aliphatic carboxylic acids is 1. The van der Waals surface area contributed by atoms with E-state index >= 15 is 0 Å². The molecule has 0 radical (unpaired) electrons. The summed E-state index contributed by atoms with van der Waals surface area (Å²) in [6.45, 7) is -0.618. The van der Waals surface area contributed by atoms with Crippen molar-refractivity contribution >= 4 is 23.3 Å². The minimum atomic E-state index is -1.01. The summed E-state index contributed by atoms with van der Waals surface area (Å²) in [5.41, 5.74) is 0.629. The second-order valence-corrected chi connectivity index (χ2v) is 4.02. The number of rotatable bonds is 6. The number of anilines is 1. The fraction of sp³-hybridized carbons (Fsp3) is 0.364. The van der Waals surface area contributed by atoms with Crippen molar-refractivity contribution in [1.29, 1.82) is 0 Å². The largest absolute Gasteiger partial charge is 0.480 e. The molecule has 94 valence electrons. The molecule has 0 heterocycles. The smallest absolute Gasteiger partial charge is 0.323 e. The summed E-state index contributed by atoms with van der Waals surface area (Å²) in [5, 5.41) is 27.4. The second-order valence-electron chi connectivity index (χ2n) is 3.59. The van der Waals surface area contributed by atoms with E-state index in [1.54, 1.807) is 24.3 Å². The van der Waals surface area contributed by atoms with Gasteiger partial charge in [0.05, 0.1) is 12.7 Å². The minimum Gasteiger partial charge on any atom is -0.480 e. The maximum Gasteiger partial charge on any atom is 0.323 e. The lowest BCUT2D eigenvalue weighted by Gasteiger charge is -2.24. The van der Waals surface area contributed by atoms with Gasteiger partial charge in [0.2, 0.25) is 0 Å². The van der Waals surface area contributed by atoms with Crippen LogP contribution in [0.5, 0.6) is 0 Å². The van der Waals surface area contributed by atoms with Gasteiger partial charge >= 0.3 is 5.97 Å². The van der Waals surface area contributed by atoms with Gasteiger partial charge in [-0.05, 0) is 24.3 Å². The number of carboxylic acid groups (broad SMARTS) is 1. The molecule has 0 saturated carbocycles. The normalized spacial score (nSPS) is 12.2. The molecule has 5 nitrogen and oxygen atoms in total. The van der Waals surface area contributed by atoms with Crippen molar-refractivity contribution in [2.45, 2.75) is 6.10 Å². The van der Waals surface area contributed by atoms with Crippen molar-refractivity contribution < 1.29 is 20.1 Å². The molecular weight excluding hydrogens is 246 g/mol. The highest BCUT2D eigenvalue weighted by molar-refractivity contribution is 6.30. The summed E-state index contributed by atoms with van der Waals surface area (Å²) in [5.74, 6) is -1.01. The number of hydrogen-bond acceptors (Lipinski definition) is 4. The lowest BCUT2D eigenvalue weighted by Crippen LogP contribution is -2.37. The maximum absolute atomic E-state index is 10.7. The van der Waals surface area contributed by atoms with Gasteiger partial charge in [-0.3, -0.25) is 4.79 Å². The molecule has 17 heavy (non-hydrogen) atoms. The average molecular weight is 260 g/mol. The molecule has 0 aromatic heterocycles. The first-order chi connectivity index (χ1) is 8.02. The molecule has 1 aromatic carbocycles. The molecule has 0 amide bonds. The molecule has 1 aromatic rings. The lowest BCUT2D eigenvalue weighted by molar-refractivity contribution is -0.135. The Morgan fingerprint density at radius 2 is 1.94 bits per heavy atom. The zero-order valence-electron chi connectivity index (χ0n) is 9.08. The van der Waals surface area contributed by atoms with Crippen LogP contribution in [0.3, 0.4) is 0 Å². The fourth-order valence-corrected chi connectivity index (χ4v) is 1.51. The third-order valence-corrected chi connectivity index (χ3v) is 2.41. The molecule has 0 bridgehead atoms. The standard InChI is InChI=1S/C11H14ClNO4/c12-8-1-3-9(4-2-8)13(6-11(16)17)5-10(15)7-14/h1-4,10,14-15H,5-7H2,(H,16,17). The van der Waals surface area contributed by atoms with Crippen LogP contribution in [-0.2, 0) is 4.79 Å². The number of benzene rings is 1. The van der Waals surface area contributed by atoms with E-state index in [1.165, 1.54) is 4.90 Å². The maximum atomic E-state index is 10.7. The Kier molecular flexibility index (Phi) is 5.21. The van der Waals surface area contributed by atoms with Crippen LogP contribution in [0, 0.1) is 0 Å². The molecule has 1 unspecified atom stereocenters. The molecular formula is C11H14ClNO4. The molecule has 3 N–H and O–H groups in total. The van der Waals surface area contributed by atoms with Crippen LogP contribution in [0.15, 0.2) is 24.3 Å². The van der Waals surface area contributed by atoms with Gasteiger partial charge in [0.25, 0.3) is 0 Å². The van der Waals surface area contributed by atoms with Gasteiger partial charge in [-0.25, -0.2) is 0 Å². The Hall–Kier alpha value is -1.30. The molecule has 6 heteroatoms. The summed E-state index contributed by atoms with van der Waals surface area (Å²) in [6, 6.07) is 6.60. The Labute approximate surface area is 104 Å². The molecule has 0 saturated heterocycles. The number of nitrogens with zero attached hydrogens (tertiary/aromatic N) is 1. The van der Waals surface area contributed by atoms with Crippen LogP contribution in [0.25, 0.3) is 0 Å². The van der Waals surface area contributed by atoms with E-state index in [2.05, 4.69) is 0 Å². The van der Waals surface area contributed by atoms with E-state index in [0.717, 1.165) is 0 Å². The van der Waals surface area contributed by atoms with Crippen LogP contribution in [0.4, 0.5) is 5.69 Å². The number of aliphatic hydroxyl groups is 2. The Morgan fingerprint density at radius 3 is 2.41 bits per heavy atom. The van der Waals surface area contributed by atoms with E-state index in [-0.39, 0.29) is 13.1 Å². The van der Waals surface area contributed by atoms with Crippen molar-refractivity contribution in [2.24, 2.45) is 0 Å². The van der Waals surface area contributed by atoms with Crippen molar-refractivity contribution in [3.05, 3.63) is 29.3 Å². The number of carbonyl (C=O) groups is 1. The molecule has 0 aliphatic heterocycles. The van der Waals surface area contributed by atoms with Gasteiger partial charge in [-0.1, -0.05) is 11.6 Å². The SMILES string of the molecule is O=C(O)CN(CC(O)CO)c1ccc(Cl)cc1. The van der Waals surface area contributed by atoms with Crippen LogP contribution in [0.2, 0.25) is 5.02 Å². The lowest BCUT2D eigenvalue weighted by atomic mass is 10.2. The van der Waals surface area contributed by atoms with Gasteiger partial charge in [0, 0.05) is 17.3 Å². The van der Waals surface area contributed by atoms with Gasteiger partial charge < -0.3 is 20.2 Å². The topological polar surface area (TPSA) is 81.0 Å². The van der Waals surface area contributed by atoms with Crippen LogP contribution in [-0.4, -0.2) is 47.1 Å². The molecule has 0 spiro atoms. The number of carboxylic acids is 1. The van der Waals surface area contributed by atoms with Crippen molar-refractivity contribution in [3.63, 3.8) is 0 Å². The van der Waals surface area contributed by atoms with Crippen LogP contribution in [0.1, 0.15) is 0 Å². The van der Waals surface area contributed by atoms with Crippen molar-refractivity contribution in [3.8, 4) is 0 Å². The highest BCUT2D eigenvalue weighted by Gasteiger charge is 2.14. The van der Waals surface area contributed by atoms with Crippen LogP contribution < -0.4 is 4.90 Å². The summed E-state index contributed by atoms with van der Waals surface area (Å²) >= 11 is 5.73. The van der Waals surface area contributed by atoms with E-state index in [9.17, 15) is 9.90 Å². The quantitative estimate of drug-likeness (QED) is 0.696. The van der Waals surface area contributed by atoms with Gasteiger partial charge in [0.15, 0.2) is 0 Å². The van der Waals surface area contributed by atoms with E-state index in [0.29, 0.717) is 10.7 Å². The number of halogens is 1. The summed E-state index contributed by atoms with van der Waals surface area (Å²) < 4.78 is 0. The predicted molar refractivity (Wildman–Crippen MR) is 64.4 cm³/mol. The van der Waals surface area contributed by atoms with Crippen molar-refractivity contribution in [2.75, 3.05) is 24.6 Å². The first-order valence-electron chi connectivity index (χ1n) is 5.04. The molecule has 0 aliphatic carbocycles. The zero-order valence-corrected chi connectivity index (χ0v) is 9.84. The monoisotopic (exact) mass is 259 g/mol. The van der Waals surface area contributed by atoms with E-state index in [4.69, 9.17) is 21.8 Å². The van der Waals surface area contributed by atoms with Crippen molar-refractivity contribution in [1.82, 2.24) is 0 Å². The summed E-state index contributed by atoms with van der Waals surface area (Å²) in [4.78, 5) is 12.2. The van der Waals surface area contributed by atoms with E-state index < -0.39 is 18.7 Å². The zero-order chi connectivity index (χ0) is 12.8. The molecule has 0 fully saturated rings. The van der Waals surface area contributed by atoms with Gasteiger partial charge in [0.1, 0.15) is 6.54 Å². The summed E-state index contributed by atoms with van der Waals surface area (Å²) in [6.07, 6.45) is -0.981. The molecule has 1 rings (SSSR count). The van der Waals surface area contributed by atoms with Gasteiger partial charge in [-0.2, -0.15) is 0 Å². The molecule has 0 aliphatic rings. The number of hydrogen-bond donors (Lipinski definition) is 3.